The van der Waals surface area contributed by atoms with Crippen LogP contribution in [-0.2, 0) is 0 Å². The molecule has 0 aliphatic carbocycles. The summed E-state index contributed by atoms with van der Waals surface area (Å²) in [5, 5.41) is 0. The molecule has 0 aliphatic rings. The molecule has 1 aromatic carbocycles. The van der Waals surface area contributed by atoms with E-state index in [1.54, 1.807) is 0 Å². The van der Waals surface area contributed by atoms with E-state index in [1.807, 2.05) is 23.9 Å². The fourth-order valence-corrected chi connectivity index (χ4v) is 2.98. The van der Waals surface area contributed by atoms with Crippen LogP contribution in [0.25, 0.3) is 0 Å². The SMILES string of the molecule is CCC(CC)C(=O)c1ccc(SCCN(C)C)cc1. The van der Waals surface area contributed by atoms with Crippen molar-refractivity contribution in [2.45, 2.75) is 31.6 Å². The third-order valence-electron chi connectivity index (χ3n) is 3.30. The van der Waals surface area contributed by atoms with Crippen LogP contribution in [0.1, 0.15) is 37.0 Å². The third kappa shape index (κ3) is 5.37. The number of hydrogen-bond acceptors (Lipinski definition) is 3. The predicted octanol–water partition coefficient (Wildman–Crippen LogP) is 3.96. The monoisotopic (exact) mass is 279 g/mol. The van der Waals surface area contributed by atoms with Crippen LogP contribution in [0.15, 0.2) is 29.2 Å². The van der Waals surface area contributed by atoms with E-state index in [0.717, 1.165) is 30.7 Å². The van der Waals surface area contributed by atoms with Crippen molar-refractivity contribution in [3.63, 3.8) is 0 Å². The molecule has 1 aromatic rings. The van der Waals surface area contributed by atoms with Crippen molar-refractivity contribution in [2.75, 3.05) is 26.4 Å². The van der Waals surface area contributed by atoms with Crippen molar-refractivity contribution in [1.29, 1.82) is 0 Å². The summed E-state index contributed by atoms with van der Waals surface area (Å²) in [6, 6.07) is 8.07. The Bertz CT molecular complexity index is 382. The van der Waals surface area contributed by atoms with Crippen molar-refractivity contribution < 1.29 is 4.79 Å². The minimum absolute atomic E-state index is 0.173. The zero-order chi connectivity index (χ0) is 14.3. The van der Waals surface area contributed by atoms with Gasteiger partial charge in [0.25, 0.3) is 0 Å². The number of thioether (sulfide) groups is 1. The molecule has 0 fully saturated rings. The molecule has 106 valence electrons. The lowest BCUT2D eigenvalue weighted by Crippen LogP contribution is -2.14. The molecule has 0 unspecified atom stereocenters. The van der Waals surface area contributed by atoms with Crippen LogP contribution in [0.5, 0.6) is 0 Å². The van der Waals surface area contributed by atoms with E-state index in [-0.39, 0.29) is 11.7 Å². The summed E-state index contributed by atoms with van der Waals surface area (Å²) in [5.74, 6) is 1.54. The van der Waals surface area contributed by atoms with Crippen molar-refractivity contribution in [3.8, 4) is 0 Å². The predicted molar refractivity (Wildman–Crippen MR) is 84.1 cm³/mol. The highest BCUT2D eigenvalue weighted by Crippen LogP contribution is 2.21. The second-order valence-electron chi connectivity index (χ2n) is 5.05. The quantitative estimate of drug-likeness (QED) is 0.531. The van der Waals surface area contributed by atoms with E-state index in [0.29, 0.717) is 0 Å². The molecule has 0 spiro atoms. The van der Waals surface area contributed by atoms with Crippen molar-refractivity contribution >= 4 is 17.5 Å². The summed E-state index contributed by atoms with van der Waals surface area (Å²) < 4.78 is 0. The van der Waals surface area contributed by atoms with Gasteiger partial charge in [-0.05, 0) is 39.1 Å². The number of ketones is 1. The van der Waals surface area contributed by atoms with Gasteiger partial charge in [-0.2, -0.15) is 0 Å². The zero-order valence-corrected chi connectivity index (χ0v) is 13.3. The van der Waals surface area contributed by atoms with Gasteiger partial charge in [0.1, 0.15) is 0 Å². The number of carbonyl (C=O) groups is 1. The average molecular weight is 279 g/mol. The highest BCUT2D eigenvalue weighted by Gasteiger charge is 2.15. The van der Waals surface area contributed by atoms with Crippen LogP contribution < -0.4 is 0 Å². The Morgan fingerprint density at radius 3 is 2.21 bits per heavy atom. The summed E-state index contributed by atoms with van der Waals surface area (Å²) in [4.78, 5) is 15.6. The maximum absolute atomic E-state index is 12.2. The van der Waals surface area contributed by atoms with E-state index >= 15 is 0 Å². The van der Waals surface area contributed by atoms with Gasteiger partial charge in [-0.3, -0.25) is 4.79 Å². The lowest BCUT2D eigenvalue weighted by atomic mass is 9.93. The summed E-state index contributed by atoms with van der Waals surface area (Å²) >= 11 is 1.84. The van der Waals surface area contributed by atoms with Crippen LogP contribution in [0.3, 0.4) is 0 Å². The van der Waals surface area contributed by atoms with E-state index in [4.69, 9.17) is 0 Å². The number of Topliss-reactive ketones (excluding diaryl/α,β-unsaturated/α-hetero) is 1. The molecule has 0 N–H and O–H groups in total. The summed E-state index contributed by atoms with van der Waals surface area (Å²) in [5.41, 5.74) is 0.852. The van der Waals surface area contributed by atoms with Crippen LogP contribution in [0, 0.1) is 5.92 Å². The molecule has 0 aliphatic heterocycles. The molecular formula is C16H25NOS. The molecule has 0 atom stereocenters. The Morgan fingerprint density at radius 2 is 1.74 bits per heavy atom. The first-order chi connectivity index (χ1) is 9.08. The summed E-state index contributed by atoms with van der Waals surface area (Å²) in [6.07, 6.45) is 1.85. The van der Waals surface area contributed by atoms with Gasteiger partial charge in [0.05, 0.1) is 0 Å². The van der Waals surface area contributed by atoms with Gasteiger partial charge < -0.3 is 4.90 Å². The van der Waals surface area contributed by atoms with Gasteiger partial charge in [0.15, 0.2) is 5.78 Å². The van der Waals surface area contributed by atoms with Gasteiger partial charge in [0.2, 0.25) is 0 Å². The van der Waals surface area contributed by atoms with Crippen LogP contribution in [0.2, 0.25) is 0 Å². The minimum Gasteiger partial charge on any atom is -0.309 e. The number of rotatable bonds is 8. The van der Waals surface area contributed by atoms with Crippen LogP contribution in [-0.4, -0.2) is 37.1 Å². The maximum Gasteiger partial charge on any atom is 0.165 e. The minimum atomic E-state index is 0.173. The second kappa shape index (κ2) is 8.39. The highest BCUT2D eigenvalue weighted by atomic mass is 32.2. The summed E-state index contributed by atoms with van der Waals surface area (Å²) in [6.45, 7) is 5.23. The number of carbonyl (C=O) groups excluding carboxylic acids is 1. The molecule has 0 saturated carbocycles. The van der Waals surface area contributed by atoms with E-state index in [9.17, 15) is 4.79 Å². The second-order valence-corrected chi connectivity index (χ2v) is 6.22. The molecule has 19 heavy (non-hydrogen) atoms. The molecule has 1 rings (SSSR count). The normalized spacial score (nSPS) is 11.3. The Balaban J connectivity index is 2.58. The fourth-order valence-electron chi connectivity index (χ4n) is 1.96. The molecule has 0 heterocycles. The Morgan fingerprint density at radius 1 is 1.16 bits per heavy atom. The van der Waals surface area contributed by atoms with E-state index < -0.39 is 0 Å². The first-order valence-corrected chi connectivity index (χ1v) is 7.98. The third-order valence-corrected chi connectivity index (χ3v) is 4.29. The highest BCUT2D eigenvalue weighted by molar-refractivity contribution is 7.99. The molecule has 0 radical (unpaired) electrons. The number of nitrogens with zero attached hydrogens (tertiary/aromatic N) is 1. The Hall–Kier alpha value is -0.800. The first kappa shape index (κ1) is 16.3. The standard InChI is InChI=1S/C16H25NOS/c1-5-13(6-2)16(18)14-7-9-15(10-8-14)19-12-11-17(3)4/h7-10,13H,5-6,11-12H2,1-4H3. The van der Waals surface area contributed by atoms with E-state index in [2.05, 4.69) is 45.0 Å². The van der Waals surface area contributed by atoms with Crippen LogP contribution >= 0.6 is 11.8 Å². The molecule has 0 saturated heterocycles. The number of hydrogen-bond donors (Lipinski definition) is 0. The van der Waals surface area contributed by atoms with E-state index in [1.165, 1.54) is 4.90 Å². The molecule has 0 aromatic heterocycles. The van der Waals surface area contributed by atoms with Crippen molar-refractivity contribution in [1.82, 2.24) is 4.90 Å². The number of benzene rings is 1. The average Bonchev–Trinajstić information content (AvgIpc) is 2.40. The van der Waals surface area contributed by atoms with Crippen LogP contribution in [0.4, 0.5) is 0 Å². The van der Waals surface area contributed by atoms with Gasteiger partial charge in [-0.15, -0.1) is 11.8 Å². The maximum atomic E-state index is 12.2. The van der Waals surface area contributed by atoms with Gasteiger partial charge in [-0.1, -0.05) is 26.0 Å². The molecular weight excluding hydrogens is 254 g/mol. The zero-order valence-electron chi connectivity index (χ0n) is 12.5. The lowest BCUT2D eigenvalue weighted by molar-refractivity contribution is 0.0913. The van der Waals surface area contributed by atoms with Crippen molar-refractivity contribution in [2.24, 2.45) is 5.92 Å². The van der Waals surface area contributed by atoms with Crippen molar-refractivity contribution in [3.05, 3.63) is 29.8 Å². The first-order valence-electron chi connectivity index (χ1n) is 7.00. The molecule has 3 heteroatoms. The Labute approximate surface area is 121 Å². The van der Waals surface area contributed by atoms with Gasteiger partial charge >= 0.3 is 0 Å². The molecule has 2 nitrogen and oxygen atoms in total. The Kier molecular flexibility index (Phi) is 7.17. The largest absolute Gasteiger partial charge is 0.309 e. The smallest absolute Gasteiger partial charge is 0.165 e. The van der Waals surface area contributed by atoms with Gasteiger partial charge in [0, 0.05) is 28.7 Å². The molecule has 0 bridgehead atoms. The molecule has 0 amide bonds. The van der Waals surface area contributed by atoms with Gasteiger partial charge in [-0.25, -0.2) is 0 Å². The topological polar surface area (TPSA) is 20.3 Å². The summed E-state index contributed by atoms with van der Waals surface area (Å²) in [7, 11) is 4.16. The lowest BCUT2D eigenvalue weighted by Gasteiger charge is -2.12. The fraction of sp³-hybridized carbons (Fsp3) is 0.562.